The summed E-state index contributed by atoms with van der Waals surface area (Å²) in [6.07, 6.45) is -0.757. The molecule has 0 atom stereocenters. The predicted octanol–water partition coefficient (Wildman–Crippen LogP) is 2.82. The smallest absolute Gasteiger partial charge is 0.265 e. The molecule has 0 N–H and O–H groups in total. The first-order chi connectivity index (χ1) is 5.56. The van der Waals surface area contributed by atoms with Crippen molar-refractivity contribution >= 4 is 0 Å². The van der Waals surface area contributed by atoms with Gasteiger partial charge in [-0.3, -0.25) is 4.98 Å². The van der Waals surface area contributed by atoms with Crippen LogP contribution in [0.5, 0.6) is 0 Å². The van der Waals surface area contributed by atoms with E-state index in [-0.39, 0.29) is 6.08 Å². The summed E-state index contributed by atoms with van der Waals surface area (Å²) < 4.78 is 32.0. The van der Waals surface area contributed by atoms with E-state index in [1.165, 1.54) is 0 Å². The summed E-state index contributed by atoms with van der Waals surface area (Å²) in [5, 5.41) is 0. The van der Waals surface area contributed by atoms with E-state index in [0.717, 1.165) is 0 Å². The normalized spacial score (nSPS) is 9.58. The first kappa shape index (κ1) is 10.7. The zero-order chi connectivity index (χ0) is 9.45. The Morgan fingerprint density at radius 2 is 1.50 bits per heavy atom. The van der Waals surface area contributed by atoms with E-state index >= 15 is 0 Å². The number of pyridine rings is 1. The highest BCUT2D eigenvalue weighted by Gasteiger charge is 2.19. The van der Waals surface area contributed by atoms with Gasteiger partial charge in [0.1, 0.15) is 0 Å². The van der Waals surface area contributed by atoms with Crippen LogP contribution in [0.4, 0.5) is 13.2 Å². The van der Waals surface area contributed by atoms with Gasteiger partial charge in [0.05, 0.1) is 0 Å². The van der Waals surface area contributed by atoms with Crippen molar-refractivity contribution in [2.24, 2.45) is 0 Å². The maximum Gasteiger partial charge on any atom is 0.409 e. The fraction of sp³-hybridized carbons (Fsp3) is 0.125. The van der Waals surface area contributed by atoms with Gasteiger partial charge in [0.15, 0.2) is 0 Å². The number of alkyl halides is 3. The van der Waals surface area contributed by atoms with Crippen molar-refractivity contribution in [3.63, 3.8) is 0 Å². The molecule has 0 radical (unpaired) electrons. The van der Waals surface area contributed by atoms with Crippen molar-refractivity contribution in [3.05, 3.63) is 43.2 Å². The molecule has 1 aromatic rings. The summed E-state index contributed by atoms with van der Waals surface area (Å²) in [5.41, 5.74) is 0. The number of aromatic nitrogens is 1. The molecule has 0 aliphatic rings. The summed E-state index contributed by atoms with van der Waals surface area (Å²) in [5.74, 6) is 0. The maximum atomic E-state index is 10.7. The van der Waals surface area contributed by atoms with Crippen LogP contribution in [0.15, 0.2) is 43.2 Å². The summed E-state index contributed by atoms with van der Waals surface area (Å²) in [7, 11) is 0. The lowest BCUT2D eigenvalue weighted by atomic mass is 10.5. The van der Waals surface area contributed by atoms with Gasteiger partial charge in [0.2, 0.25) is 0 Å². The summed E-state index contributed by atoms with van der Waals surface area (Å²) in [4.78, 5) is 3.78. The first-order valence-electron chi connectivity index (χ1n) is 3.11. The van der Waals surface area contributed by atoms with Crippen molar-refractivity contribution in [1.82, 2.24) is 4.98 Å². The largest absolute Gasteiger partial charge is 0.409 e. The van der Waals surface area contributed by atoms with E-state index in [1.807, 2.05) is 18.2 Å². The van der Waals surface area contributed by atoms with E-state index < -0.39 is 6.18 Å². The van der Waals surface area contributed by atoms with E-state index in [1.54, 1.807) is 12.4 Å². The molecule has 0 saturated carbocycles. The Kier molecular flexibility index (Phi) is 4.76. The van der Waals surface area contributed by atoms with E-state index in [4.69, 9.17) is 0 Å². The monoisotopic (exact) mass is 175 g/mol. The van der Waals surface area contributed by atoms with Crippen molar-refractivity contribution in [1.29, 1.82) is 0 Å². The second-order valence-electron chi connectivity index (χ2n) is 1.77. The average Bonchev–Trinajstić information content (AvgIpc) is 2.07. The lowest BCUT2D eigenvalue weighted by molar-refractivity contribution is -0.0795. The third-order valence-electron chi connectivity index (χ3n) is 0.798. The highest BCUT2D eigenvalue weighted by atomic mass is 19.4. The minimum absolute atomic E-state index is 0.0625. The Morgan fingerprint density at radius 3 is 1.58 bits per heavy atom. The van der Waals surface area contributed by atoms with Gasteiger partial charge < -0.3 is 0 Å². The van der Waals surface area contributed by atoms with Crippen LogP contribution in [-0.4, -0.2) is 11.2 Å². The van der Waals surface area contributed by atoms with Gasteiger partial charge in [-0.1, -0.05) is 12.6 Å². The van der Waals surface area contributed by atoms with Crippen LogP contribution < -0.4 is 0 Å². The third kappa shape index (κ3) is 8.68. The van der Waals surface area contributed by atoms with Crippen LogP contribution in [0.3, 0.4) is 0 Å². The van der Waals surface area contributed by atoms with E-state index in [2.05, 4.69) is 11.6 Å². The molecule has 0 unspecified atom stereocenters. The molecule has 0 fully saturated rings. The molecule has 66 valence electrons. The lowest BCUT2D eigenvalue weighted by Gasteiger charge is -1.91. The van der Waals surface area contributed by atoms with Crippen molar-refractivity contribution in [2.45, 2.75) is 6.18 Å². The number of allylic oxidation sites excluding steroid dienone is 1. The molecule has 0 aromatic carbocycles. The molecule has 1 rings (SSSR count). The Balaban J connectivity index is 0.000000202. The first-order valence-corrected chi connectivity index (χ1v) is 3.11. The zero-order valence-corrected chi connectivity index (χ0v) is 6.25. The molecule has 1 nitrogen and oxygen atoms in total. The Hall–Kier alpha value is -1.32. The molecule has 4 heteroatoms. The lowest BCUT2D eigenvalue weighted by Crippen LogP contribution is -1.98. The second-order valence-corrected chi connectivity index (χ2v) is 1.77. The molecule has 1 heterocycles. The molecule has 0 saturated heterocycles. The Labute approximate surface area is 68.6 Å². The van der Waals surface area contributed by atoms with E-state index in [0.29, 0.717) is 0 Å². The molecule has 0 bridgehead atoms. The predicted molar refractivity (Wildman–Crippen MR) is 40.5 cm³/mol. The zero-order valence-electron chi connectivity index (χ0n) is 6.25. The second kappa shape index (κ2) is 5.35. The average molecular weight is 175 g/mol. The van der Waals surface area contributed by atoms with Crippen LogP contribution in [0.25, 0.3) is 0 Å². The van der Waals surface area contributed by atoms with Gasteiger partial charge in [-0.25, -0.2) is 0 Å². The number of rotatable bonds is 0. The van der Waals surface area contributed by atoms with Gasteiger partial charge in [-0.2, -0.15) is 13.2 Å². The Morgan fingerprint density at radius 1 is 1.08 bits per heavy atom. The highest BCUT2D eigenvalue weighted by Crippen LogP contribution is 2.13. The molecule has 12 heavy (non-hydrogen) atoms. The fourth-order valence-electron chi connectivity index (χ4n) is 0.313. The summed E-state index contributed by atoms with van der Waals surface area (Å²) >= 11 is 0. The number of hydrogen-bond acceptors (Lipinski definition) is 1. The molecular weight excluding hydrogens is 167 g/mol. The summed E-state index contributed by atoms with van der Waals surface area (Å²) in [6, 6.07) is 5.72. The number of nitrogens with zero attached hydrogens (tertiary/aromatic N) is 1. The van der Waals surface area contributed by atoms with Crippen molar-refractivity contribution in [3.8, 4) is 0 Å². The van der Waals surface area contributed by atoms with Gasteiger partial charge in [0, 0.05) is 18.5 Å². The molecular formula is C8H8F3N. The minimum Gasteiger partial charge on any atom is -0.265 e. The number of hydrogen-bond donors (Lipinski definition) is 0. The molecule has 0 aliphatic carbocycles. The van der Waals surface area contributed by atoms with Crippen LogP contribution in [0, 0.1) is 0 Å². The van der Waals surface area contributed by atoms with Crippen LogP contribution in [0.1, 0.15) is 0 Å². The van der Waals surface area contributed by atoms with Crippen LogP contribution >= 0.6 is 0 Å². The van der Waals surface area contributed by atoms with Crippen molar-refractivity contribution in [2.75, 3.05) is 0 Å². The fourth-order valence-corrected chi connectivity index (χ4v) is 0.313. The topological polar surface area (TPSA) is 12.9 Å². The Bertz CT molecular complexity index is 179. The summed E-state index contributed by atoms with van der Waals surface area (Å²) in [6.45, 7) is 2.51. The van der Waals surface area contributed by atoms with Crippen molar-refractivity contribution < 1.29 is 13.2 Å². The minimum atomic E-state index is -4.19. The SMILES string of the molecule is C=CC(F)(F)F.c1ccncc1. The molecule has 1 aromatic heterocycles. The van der Waals surface area contributed by atoms with Crippen LogP contribution in [0.2, 0.25) is 0 Å². The molecule has 0 spiro atoms. The van der Waals surface area contributed by atoms with Gasteiger partial charge in [-0.15, -0.1) is 0 Å². The van der Waals surface area contributed by atoms with Gasteiger partial charge >= 0.3 is 6.18 Å². The number of halogens is 3. The maximum absolute atomic E-state index is 10.7. The van der Waals surface area contributed by atoms with Gasteiger partial charge in [-0.05, 0) is 12.1 Å². The third-order valence-corrected chi connectivity index (χ3v) is 0.798. The van der Waals surface area contributed by atoms with Crippen LogP contribution in [-0.2, 0) is 0 Å². The highest BCUT2D eigenvalue weighted by molar-refractivity contribution is 4.88. The quantitative estimate of drug-likeness (QED) is 0.552. The molecule has 0 aliphatic heterocycles. The molecule has 0 amide bonds. The standard InChI is InChI=1S/C5H5N.C3H3F3/c1-2-4-6-5-3-1;1-2-3(4,5)6/h1-5H;2H,1H2. The van der Waals surface area contributed by atoms with E-state index in [9.17, 15) is 13.2 Å². The van der Waals surface area contributed by atoms with Gasteiger partial charge in [0.25, 0.3) is 0 Å².